The van der Waals surface area contributed by atoms with Gasteiger partial charge in [-0.15, -0.1) is 0 Å². The van der Waals surface area contributed by atoms with E-state index < -0.39 is 36.0 Å². The second-order valence-electron chi connectivity index (χ2n) is 7.07. The summed E-state index contributed by atoms with van der Waals surface area (Å²) < 4.78 is 31.7. The van der Waals surface area contributed by atoms with E-state index in [1.54, 1.807) is 18.2 Å². The Bertz CT molecular complexity index is 918. The van der Waals surface area contributed by atoms with Crippen LogP contribution in [0.1, 0.15) is 28.8 Å². The molecule has 1 heterocycles. The Hall–Kier alpha value is -3.29. The van der Waals surface area contributed by atoms with Crippen LogP contribution in [0.25, 0.3) is 0 Å². The third kappa shape index (κ3) is 5.62. The van der Waals surface area contributed by atoms with Crippen molar-refractivity contribution in [3.05, 3.63) is 71.3 Å². The standard InChI is InChI=1S/C22H22F2N2O4/c23-18-9-7-15(8-10-18)21(28)26-11-3-5-17(13-26)22(29)30-14-20(27)25-12-16-4-1-2-6-19(16)24/h1-2,4,6-10,17H,3,5,11-14H2,(H,25,27). The fraction of sp³-hybridized carbons (Fsp3) is 0.318. The van der Waals surface area contributed by atoms with Crippen molar-refractivity contribution in [2.24, 2.45) is 5.92 Å². The van der Waals surface area contributed by atoms with E-state index in [1.807, 2.05) is 0 Å². The first-order valence-corrected chi connectivity index (χ1v) is 9.65. The third-order valence-electron chi connectivity index (χ3n) is 4.91. The zero-order valence-electron chi connectivity index (χ0n) is 16.3. The predicted octanol–water partition coefficient (Wildman–Crippen LogP) is 2.68. The Labute approximate surface area is 172 Å². The van der Waals surface area contributed by atoms with Gasteiger partial charge in [-0.1, -0.05) is 18.2 Å². The molecule has 1 fully saturated rings. The lowest BCUT2D eigenvalue weighted by Gasteiger charge is -2.31. The number of carbonyl (C=O) groups excluding carboxylic acids is 3. The minimum atomic E-state index is -0.562. The van der Waals surface area contributed by atoms with Gasteiger partial charge in [0, 0.05) is 30.8 Å². The predicted molar refractivity (Wildman–Crippen MR) is 104 cm³/mol. The summed E-state index contributed by atoms with van der Waals surface area (Å²) in [4.78, 5) is 38.3. The van der Waals surface area contributed by atoms with Crippen molar-refractivity contribution in [1.82, 2.24) is 10.2 Å². The Balaban J connectivity index is 1.46. The topological polar surface area (TPSA) is 75.7 Å². The van der Waals surface area contributed by atoms with Crippen molar-refractivity contribution < 1.29 is 27.9 Å². The number of nitrogens with zero attached hydrogens (tertiary/aromatic N) is 1. The summed E-state index contributed by atoms with van der Waals surface area (Å²) >= 11 is 0. The molecule has 8 heteroatoms. The first-order chi connectivity index (χ1) is 14.4. The van der Waals surface area contributed by atoms with Crippen LogP contribution in [0.3, 0.4) is 0 Å². The van der Waals surface area contributed by atoms with Crippen LogP contribution >= 0.6 is 0 Å². The van der Waals surface area contributed by atoms with Crippen LogP contribution in [-0.2, 0) is 20.9 Å². The van der Waals surface area contributed by atoms with E-state index in [-0.39, 0.29) is 19.0 Å². The van der Waals surface area contributed by atoms with Gasteiger partial charge in [-0.25, -0.2) is 8.78 Å². The van der Waals surface area contributed by atoms with Gasteiger partial charge in [0.1, 0.15) is 11.6 Å². The fourth-order valence-corrected chi connectivity index (χ4v) is 3.27. The van der Waals surface area contributed by atoms with E-state index in [0.717, 1.165) is 0 Å². The molecule has 1 aliphatic rings. The van der Waals surface area contributed by atoms with Crippen molar-refractivity contribution in [1.29, 1.82) is 0 Å². The number of hydrogen-bond acceptors (Lipinski definition) is 4. The highest BCUT2D eigenvalue weighted by Gasteiger charge is 2.30. The van der Waals surface area contributed by atoms with E-state index in [1.165, 1.54) is 35.2 Å². The van der Waals surface area contributed by atoms with E-state index in [2.05, 4.69) is 5.32 Å². The number of benzene rings is 2. The number of rotatable bonds is 6. The second-order valence-corrected chi connectivity index (χ2v) is 7.07. The van der Waals surface area contributed by atoms with Gasteiger partial charge < -0.3 is 15.0 Å². The van der Waals surface area contributed by atoms with Crippen molar-refractivity contribution in [3.8, 4) is 0 Å². The first-order valence-electron chi connectivity index (χ1n) is 9.65. The van der Waals surface area contributed by atoms with E-state index >= 15 is 0 Å². The fourth-order valence-electron chi connectivity index (χ4n) is 3.27. The molecule has 2 aromatic rings. The second kappa shape index (κ2) is 9.96. The molecule has 2 amide bonds. The number of esters is 1. The van der Waals surface area contributed by atoms with Crippen molar-refractivity contribution >= 4 is 17.8 Å². The van der Waals surface area contributed by atoms with Crippen molar-refractivity contribution in [2.45, 2.75) is 19.4 Å². The molecule has 158 valence electrons. The lowest BCUT2D eigenvalue weighted by molar-refractivity contribution is -0.154. The van der Waals surface area contributed by atoms with Gasteiger partial charge in [0.05, 0.1) is 5.92 Å². The SMILES string of the molecule is O=C(COC(=O)C1CCCN(C(=O)c2ccc(F)cc2)C1)NCc1ccccc1F. The zero-order chi connectivity index (χ0) is 21.5. The average Bonchev–Trinajstić information content (AvgIpc) is 2.77. The van der Waals surface area contributed by atoms with Gasteiger partial charge in [0.15, 0.2) is 6.61 Å². The zero-order valence-corrected chi connectivity index (χ0v) is 16.3. The Morgan fingerprint density at radius 1 is 1.07 bits per heavy atom. The number of carbonyl (C=O) groups is 3. The molecule has 1 atom stereocenters. The van der Waals surface area contributed by atoms with E-state index in [9.17, 15) is 23.2 Å². The van der Waals surface area contributed by atoms with Crippen molar-refractivity contribution in [3.63, 3.8) is 0 Å². The van der Waals surface area contributed by atoms with Crippen LogP contribution in [0.15, 0.2) is 48.5 Å². The van der Waals surface area contributed by atoms with Gasteiger partial charge in [-0.2, -0.15) is 0 Å². The van der Waals surface area contributed by atoms with E-state index in [4.69, 9.17) is 4.74 Å². The summed E-state index contributed by atoms with van der Waals surface area (Å²) in [6.45, 7) is 0.178. The minimum absolute atomic E-state index is 0.00750. The molecule has 1 unspecified atom stereocenters. The highest BCUT2D eigenvalue weighted by Crippen LogP contribution is 2.20. The molecule has 30 heavy (non-hydrogen) atoms. The molecule has 1 saturated heterocycles. The molecule has 0 radical (unpaired) electrons. The van der Waals surface area contributed by atoms with Gasteiger partial charge in [-0.3, -0.25) is 14.4 Å². The normalized spacial score (nSPS) is 16.1. The maximum absolute atomic E-state index is 13.6. The molecule has 0 aliphatic carbocycles. The van der Waals surface area contributed by atoms with Crippen molar-refractivity contribution in [2.75, 3.05) is 19.7 Å². The lowest BCUT2D eigenvalue weighted by Crippen LogP contribution is -2.43. The van der Waals surface area contributed by atoms with E-state index in [0.29, 0.717) is 30.5 Å². The monoisotopic (exact) mass is 416 g/mol. The molecule has 0 saturated carbocycles. The number of piperidine rings is 1. The smallest absolute Gasteiger partial charge is 0.311 e. The molecule has 0 bridgehead atoms. The average molecular weight is 416 g/mol. The third-order valence-corrected chi connectivity index (χ3v) is 4.91. The maximum Gasteiger partial charge on any atom is 0.311 e. The summed E-state index contributed by atoms with van der Waals surface area (Å²) in [7, 11) is 0. The number of hydrogen-bond donors (Lipinski definition) is 1. The minimum Gasteiger partial charge on any atom is -0.455 e. The number of nitrogens with one attached hydrogen (secondary N) is 1. The Morgan fingerprint density at radius 3 is 2.53 bits per heavy atom. The van der Waals surface area contributed by atoms with Crippen LogP contribution in [-0.4, -0.2) is 42.4 Å². The maximum atomic E-state index is 13.6. The van der Waals surface area contributed by atoms with Gasteiger partial charge in [-0.05, 0) is 43.2 Å². The largest absolute Gasteiger partial charge is 0.455 e. The molecule has 3 rings (SSSR count). The highest BCUT2D eigenvalue weighted by molar-refractivity contribution is 5.94. The summed E-state index contributed by atoms with van der Waals surface area (Å²) in [5, 5.41) is 2.50. The molecule has 0 spiro atoms. The van der Waals surface area contributed by atoms with Crippen LogP contribution in [0.4, 0.5) is 8.78 Å². The molecular weight excluding hydrogens is 394 g/mol. The number of amides is 2. The number of ether oxygens (including phenoxy) is 1. The molecular formula is C22H22F2N2O4. The van der Waals surface area contributed by atoms with Gasteiger partial charge in [0.2, 0.25) is 0 Å². The van der Waals surface area contributed by atoms with Crippen LogP contribution < -0.4 is 5.32 Å². The number of halogens is 2. The number of likely N-dealkylation sites (tertiary alicyclic amines) is 1. The van der Waals surface area contributed by atoms with Gasteiger partial charge in [0.25, 0.3) is 11.8 Å². The lowest BCUT2D eigenvalue weighted by atomic mass is 9.97. The summed E-state index contributed by atoms with van der Waals surface area (Å²) in [5.74, 6) is -2.78. The van der Waals surface area contributed by atoms with Crippen LogP contribution in [0.5, 0.6) is 0 Å². The van der Waals surface area contributed by atoms with Gasteiger partial charge >= 0.3 is 5.97 Å². The molecule has 1 N–H and O–H groups in total. The summed E-state index contributed by atoms with van der Waals surface area (Å²) in [5.41, 5.74) is 0.678. The quantitative estimate of drug-likeness (QED) is 0.735. The molecule has 6 nitrogen and oxygen atoms in total. The highest BCUT2D eigenvalue weighted by atomic mass is 19.1. The summed E-state index contributed by atoms with van der Waals surface area (Å²) in [6.07, 6.45) is 1.16. The molecule has 2 aromatic carbocycles. The Morgan fingerprint density at radius 2 is 1.80 bits per heavy atom. The van der Waals surface area contributed by atoms with Crippen LogP contribution in [0, 0.1) is 17.6 Å². The van der Waals surface area contributed by atoms with Crippen LogP contribution in [0.2, 0.25) is 0 Å². The Kier molecular flexibility index (Phi) is 7.11. The summed E-state index contributed by atoms with van der Waals surface area (Å²) in [6, 6.07) is 11.3. The molecule has 1 aliphatic heterocycles. The molecule has 0 aromatic heterocycles. The first kappa shape index (κ1) is 21.4.